The molecule has 1 aromatic heterocycles. The Morgan fingerprint density at radius 1 is 1.16 bits per heavy atom. The van der Waals surface area contributed by atoms with Crippen molar-refractivity contribution in [2.45, 2.75) is 26.3 Å². The van der Waals surface area contributed by atoms with Crippen LogP contribution in [0.3, 0.4) is 0 Å². The summed E-state index contributed by atoms with van der Waals surface area (Å²) in [5.74, 6) is 0.0613. The van der Waals surface area contributed by atoms with Crippen LogP contribution >= 0.6 is 0 Å². The second-order valence-corrected chi connectivity index (χ2v) is 4.58. The minimum absolute atomic E-state index is 0.0613. The average molecular weight is 254 g/mol. The average Bonchev–Trinajstić information content (AvgIpc) is 2.45. The van der Waals surface area contributed by atoms with Crippen LogP contribution in [0.2, 0.25) is 0 Å². The van der Waals surface area contributed by atoms with Gasteiger partial charge in [0.1, 0.15) is 0 Å². The summed E-state index contributed by atoms with van der Waals surface area (Å²) in [6.07, 6.45) is 3.01. The Morgan fingerprint density at radius 3 is 2.63 bits per heavy atom. The van der Waals surface area contributed by atoms with Crippen molar-refractivity contribution in [1.82, 2.24) is 10.3 Å². The monoisotopic (exact) mass is 254 g/mol. The van der Waals surface area contributed by atoms with E-state index in [-0.39, 0.29) is 5.91 Å². The van der Waals surface area contributed by atoms with Gasteiger partial charge in [0.2, 0.25) is 5.91 Å². The third kappa shape index (κ3) is 4.54. The van der Waals surface area contributed by atoms with E-state index in [0.717, 1.165) is 12.1 Å². The number of carbonyl (C=O) groups excluding carboxylic acids is 1. The molecule has 1 aromatic carbocycles. The molecule has 2 aromatic rings. The number of amides is 1. The standard InChI is InChI=1S/C16H18N2O/c1-13-5-7-14(8-6-13)9-10-16(19)18-12-15-4-2-3-11-17-15/h2-8,11H,9-10,12H2,1H3,(H,18,19). The van der Waals surface area contributed by atoms with Gasteiger partial charge in [-0.15, -0.1) is 0 Å². The van der Waals surface area contributed by atoms with Crippen LogP contribution in [0.15, 0.2) is 48.7 Å². The van der Waals surface area contributed by atoms with Crippen molar-refractivity contribution < 1.29 is 4.79 Å². The fourth-order valence-electron chi connectivity index (χ4n) is 1.79. The number of nitrogens with zero attached hydrogens (tertiary/aromatic N) is 1. The highest BCUT2D eigenvalue weighted by atomic mass is 16.1. The second-order valence-electron chi connectivity index (χ2n) is 4.58. The van der Waals surface area contributed by atoms with Crippen LogP contribution in [-0.4, -0.2) is 10.9 Å². The smallest absolute Gasteiger partial charge is 0.220 e. The molecule has 0 bridgehead atoms. The van der Waals surface area contributed by atoms with Crippen molar-refractivity contribution in [3.8, 4) is 0 Å². The van der Waals surface area contributed by atoms with Gasteiger partial charge in [0, 0.05) is 12.6 Å². The van der Waals surface area contributed by atoms with Gasteiger partial charge >= 0.3 is 0 Å². The molecule has 0 aliphatic carbocycles. The molecule has 19 heavy (non-hydrogen) atoms. The summed E-state index contributed by atoms with van der Waals surface area (Å²) in [6.45, 7) is 2.55. The normalized spacial score (nSPS) is 10.2. The fraction of sp³-hybridized carbons (Fsp3) is 0.250. The predicted molar refractivity (Wildman–Crippen MR) is 75.6 cm³/mol. The number of hydrogen-bond acceptors (Lipinski definition) is 2. The minimum Gasteiger partial charge on any atom is -0.350 e. The van der Waals surface area contributed by atoms with Crippen LogP contribution in [0, 0.1) is 6.92 Å². The first kappa shape index (κ1) is 13.3. The van der Waals surface area contributed by atoms with Gasteiger partial charge in [-0.05, 0) is 31.0 Å². The van der Waals surface area contributed by atoms with Gasteiger partial charge in [-0.3, -0.25) is 9.78 Å². The van der Waals surface area contributed by atoms with E-state index in [1.165, 1.54) is 11.1 Å². The maximum atomic E-state index is 11.7. The molecule has 0 fully saturated rings. The summed E-state index contributed by atoms with van der Waals surface area (Å²) in [7, 11) is 0. The number of pyridine rings is 1. The molecule has 0 saturated carbocycles. The van der Waals surface area contributed by atoms with Crippen molar-refractivity contribution >= 4 is 5.91 Å². The third-order valence-electron chi connectivity index (χ3n) is 2.95. The van der Waals surface area contributed by atoms with Crippen LogP contribution in [0.1, 0.15) is 23.2 Å². The Balaban J connectivity index is 1.74. The van der Waals surface area contributed by atoms with Gasteiger partial charge in [0.05, 0.1) is 12.2 Å². The Kier molecular flexibility index (Phi) is 4.67. The first-order valence-electron chi connectivity index (χ1n) is 6.46. The van der Waals surface area contributed by atoms with Crippen LogP contribution in [-0.2, 0) is 17.8 Å². The fourth-order valence-corrected chi connectivity index (χ4v) is 1.79. The number of benzene rings is 1. The Hall–Kier alpha value is -2.16. The number of hydrogen-bond donors (Lipinski definition) is 1. The zero-order chi connectivity index (χ0) is 13.5. The van der Waals surface area contributed by atoms with Crippen molar-refractivity contribution in [2.75, 3.05) is 0 Å². The lowest BCUT2D eigenvalue weighted by Crippen LogP contribution is -2.23. The maximum absolute atomic E-state index is 11.7. The highest BCUT2D eigenvalue weighted by molar-refractivity contribution is 5.76. The lowest BCUT2D eigenvalue weighted by Gasteiger charge is -2.05. The topological polar surface area (TPSA) is 42.0 Å². The molecule has 0 aliphatic rings. The summed E-state index contributed by atoms with van der Waals surface area (Å²) in [5, 5.41) is 2.88. The molecule has 1 amide bonds. The lowest BCUT2D eigenvalue weighted by atomic mass is 10.1. The number of aryl methyl sites for hydroxylation is 2. The molecule has 0 atom stereocenters. The number of nitrogens with one attached hydrogen (secondary N) is 1. The predicted octanol–water partition coefficient (Wildman–Crippen LogP) is 2.64. The van der Waals surface area contributed by atoms with E-state index in [0.29, 0.717) is 13.0 Å². The molecule has 98 valence electrons. The summed E-state index contributed by atoms with van der Waals surface area (Å²) in [6, 6.07) is 14.0. The highest BCUT2D eigenvalue weighted by Gasteiger charge is 2.02. The zero-order valence-corrected chi connectivity index (χ0v) is 11.1. The summed E-state index contributed by atoms with van der Waals surface area (Å²) < 4.78 is 0. The van der Waals surface area contributed by atoms with Crippen LogP contribution in [0.4, 0.5) is 0 Å². The van der Waals surface area contributed by atoms with Gasteiger partial charge in [-0.25, -0.2) is 0 Å². The molecule has 0 saturated heterocycles. The zero-order valence-electron chi connectivity index (χ0n) is 11.1. The minimum atomic E-state index is 0.0613. The summed E-state index contributed by atoms with van der Waals surface area (Å²) >= 11 is 0. The Morgan fingerprint density at radius 2 is 1.95 bits per heavy atom. The molecule has 0 spiro atoms. The van der Waals surface area contributed by atoms with E-state index >= 15 is 0 Å². The Bertz CT molecular complexity index is 520. The number of aromatic nitrogens is 1. The molecule has 0 unspecified atom stereocenters. The van der Waals surface area contributed by atoms with E-state index in [9.17, 15) is 4.79 Å². The van der Waals surface area contributed by atoms with E-state index < -0.39 is 0 Å². The molecule has 3 heteroatoms. The van der Waals surface area contributed by atoms with E-state index in [1.54, 1.807) is 6.20 Å². The first-order valence-corrected chi connectivity index (χ1v) is 6.46. The van der Waals surface area contributed by atoms with Crippen LogP contribution in [0.5, 0.6) is 0 Å². The molecule has 0 aliphatic heterocycles. The van der Waals surface area contributed by atoms with Gasteiger partial charge in [-0.1, -0.05) is 35.9 Å². The quantitative estimate of drug-likeness (QED) is 0.891. The first-order chi connectivity index (χ1) is 9.24. The molecule has 3 nitrogen and oxygen atoms in total. The number of rotatable bonds is 5. The van der Waals surface area contributed by atoms with Crippen LogP contribution < -0.4 is 5.32 Å². The SMILES string of the molecule is Cc1ccc(CCC(=O)NCc2ccccn2)cc1. The van der Waals surface area contributed by atoms with Gasteiger partial charge in [0.25, 0.3) is 0 Å². The highest BCUT2D eigenvalue weighted by Crippen LogP contribution is 2.05. The van der Waals surface area contributed by atoms with E-state index in [1.807, 2.05) is 18.2 Å². The second kappa shape index (κ2) is 6.69. The molecule has 0 radical (unpaired) electrons. The van der Waals surface area contributed by atoms with E-state index in [4.69, 9.17) is 0 Å². The largest absolute Gasteiger partial charge is 0.350 e. The van der Waals surface area contributed by atoms with Crippen molar-refractivity contribution in [2.24, 2.45) is 0 Å². The molecular weight excluding hydrogens is 236 g/mol. The van der Waals surface area contributed by atoms with Gasteiger partial charge in [-0.2, -0.15) is 0 Å². The maximum Gasteiger partial charge on any atom is 0.220 e. The molecule has 1 heterocycles. The number of carbonyl (C=O) groups is 1. The Labute approximate surface area is 113 Å². The van der Waals surface area contributed by atoms with Crippen molar-refractivity contribution in [3.05, 3.63) is 65.5 Å². The van der Waals surface area contributed by atoms with E-state index in [2.05, 4.69) is 41.5 Å². The lowest BCUT2D eigenvalue weighted by molar-refractivity contribution is -0.121. The van der Waals surface area contributed by atoms with Gasteiger partial charge in [0.15, 0.2) is 0 Å². The van der Waals surface area contributed by atoms with Gasteiger partial charge < -0.3 is 5.32 Å². The summed E-state index contributed by atoms with van der Waals surface area (Å²) in [5.41, 5.74) is 3.31. The molecule has 1 N–H and O–H groups in total. The van der Waals surface area contributed by atoms with Crippen LogP contribution in [0.25, 0.3) is 0 Å². The van der Waals surface area contributed by atoms with Crippen molar-refractivity contribution in [3.63, 3.8) is 0 Å². The molecule has 2 rings (SSSR count). The summed E-state index contributed by atoms with van der Waals surface area (Å²) in [4.78, 5) is 15.9. The van der Waals surface area contributed by atoms with Crippen molar-refractivity contribution in [1.29, 1.82) is 0 Å². The molecular formula is C16H18N2O. The third-order valence-corrected chi connectivity index (χ3v) is 2.95.